The van der Waals surface area contributed by atoms with E-state index in [1.807, 2.05) is 0 Å². The maximum atomic E-state index is 5.47. The molecule has 0 aromatic heterocycles. The minimum Gasteiger partial charge on any atom is -0.377 e. The summed E-state index contributed by atoms with van der Waals surface area (Å²) in [6, 6.07) is 0.650. The fourth-order valence-corrected chi connectivity index (χ4v) is 2.09. The fourth-order valence-electron chi connectivity index (χ4n) is 1.77. The second-order valence-electron chi connectivity index (χ2n) is 4.55. The zero-order chi connectivity index (χ0) is 10.2. The molecule has 1 saturated heterocycles. The largest absolute Gasteiger partial charge is 0.377 e. The third kappa shape index (κ3) is 2.17. The molecule has 0 aromatic carbocycles. The van der Waals surface area contributed by atoms with E-state index in [2.05, 4.69) is 17.1 Å². The number of hydrogen-bond acceptors (Lipinski definition) is 2. The third-order valence-corrected chi connectivity index (χ3v) is 3.50. The van der Waals surface area contributed by atoms with Crippen LogP contribution in [0.3, 0.4) is 0 Å². The van der Waals surface area contributed by atoms with Crippen molar-refractivity contribution in [2.45, 2.75) is 37.8 Å². The van der Waals surface area contributed by atoms with Crippen LogP contribution in [0.2, 0.25) is 0 Å². The van der Waals surface area contributed by atoms with E-state index < -0.39 is 0 Å². The summed E-state index contributed by atoms with van der Waals surface area (Å²) in [7, 11) is 1.78. The fraction of sp³-hybridized carbons (Fsp3) is 0.900. The van der Waals surface area contributed by atoms with Crippen molar-refractivity contribution < 1.29 is 4.74 Å². The van der Waals surface area contributed by atoms with Crippen molar-refractivity contribution >= 4 is 17.3 Å². The Balaban J connectivity index is 1.84. The van der Waals surface area contributed by atoms with E-state index >= 15 is 0 Å². The highest BCUT2D eigenvalue weighted by molar-refractivity contribution is 7.80. The van der Waals surface area contributed by atoms with Crippen molar-refractivity contribution in [1.29, 1.82) is 0 Å². The van der Waals surface area contributed by atoms with Crippen LogP contribution in [0, 0.1) is 0 Å². The molecular weight excluding hydrogens is 196 g/mol. The van der Waals surface area contributed by atoms with Crippen molar-refractivity contribution in [3.8, 4) is 0 Å². The number of rotatable bonds is 2. The van der Waals surface area contributed by atoms with E-state index in [1.165, 1.54) is 12.8 Å². The molecule has 1 aliphatic heterocycles. The predicted molar refractivity (Wildman–Crippen MR) is 60.4 cm³/mol. The molecule has 2 rings (SSSR count). The molecule has 0 amide bonds. The van der Waals surface area contributed by atoms with E-state index in [1.54, 1.807) is 7.11 Å². The van der Waals surface area contributed by atoms with Gasteiger partial charge in [-0.25, -0.2) is 0 Å². The summed E-state index contributed by atoms with van der Waals surface area (Å²) in [5.74, 6) is 0. The minimum absolute atomic E-state index is 0.00467. The molecule has 0 spiro atoms. The first-order chi connectivity index (χ1) is 6.63. The van der Waals surface area contributed by atoms with Crippen LogP contribution in [0.25, 0.3) is 0 Å². The Hall–Kier alpha value is -0.350. The number of hydrogen-bond donors (Lipinski definition) is 1. The summed E-state index contributed by atoms with van der Waals surface area (Å²) in [4.78, 5) is 2.22. The molecule has 1 unspecified atom stereocenters. The van der Waals surface area contributed by atoms with Gasteiger partial charge >= 0.3 is 0 Å². The van der Waals surface area contributed by atoms with Crippen LogP contribution >= 0.6 is 12.2 Å². The lowest BCUT2D eigenvalue weighted by atomic mass is 10.1. The topological polar surface area (TPSA) is 24.5 Å². The smallest absolute Gasteiger partial charge is 0.169 e. The lowest BCUT2D eigenvalue weighted by Crippen LogP contribution is -2.41. The molecule has 0 bridgehead atoms. The van der Waals surface area contributed by atoms with Crippen molar-refractivity contribution in [2.24, 2.45) is 0 Å². The number of likely N-dealkylation sites (tertiary alicyclic amines) is 1. The molecule has 80 valence electrons. The predicted octanol–water partition coefficient (Wildman–Crippen LogP) is 1.13. The quantitative estimate of drug-likeness (QED) is 0.697. The van der Waals surface area contributed by atoms with Gasteiger partial charge in [0.1, 0.15) is 0 Å². The Bertz CT molecular complexity index is 242. The molecule has 2 aliphatic rings. The average molecular weight is 214 g/mol. The molecule has 3 nitrogen and oxygen atoms in total. The van der Waals surface area contributed by atoms with E-state index in [-0.39, 0.29) is 5.60 Å². The summed E-state index contributed by atoms with van der Waals surface area (Å²) in [5, 5.41) is 4.27. The lowest BCUT2D eigenvalue weighted by molar-refractivity contribution is 0.0192. The van der Waals surface area contributed by atoms with Gasteiger partial charge in [-0.3, -0.25) is 0 Å². The molecule has 1 aliphatic carbocycles. The highest BCUT2D eigenvalue weighted by Gasteiger charge is 2.35. The van der Waals surface area contributed by atoms with Gasteiger partial charge < -0.3 is 15.0 Å². The van der Waals surface area contributed by atoms with Gasteiger partial charge in [-0.2, -0.15) is 0 Å². The number of thiocarbonyl (C=S) groups is 1. The van der Waals surface area contributed by atoms with E-state index in [0.29, 0.717) is 6.04 Å². The highest BCUT2D eigenvalue weighted by atomic mass is 32.1. The highest BCUT2D eigenvalue weighted by Crippen LogP contribution is 2.25. The molecule has 4 heteroatoms. The average Bonchev–Trinajstić information content (AvgIpc) is 2.88. The van der Waals surface area contributed by atoms with Gasteiger partial charge in [-0.1, -0.05) is 0 Å². The summed E-state index contributed by atoms with van der Waals surface area (Å²) in [5.41, 5.74) is -0.00467. The monoisotopic (exact) mass is 214 g/mol. The zero-order valence-corrected chi connectivity index (χ0v) is 9.69. The second kappa shape index (κ2) is 3.66. The van der Waals surface area contributed by atoms with Crippen molar-refractivity contribution in [3.05, 3.63) is 0 Å². The first-order valence-electron chi connectivity index (χ1n) is 5.23. The van der Waals surface area contributed by atoms with Crippen molar-refractivity contribution in [2.75, 3.05) is 20.2 Å². The second-order valence-corrected chi connectivity index (χ2v) is 4.94. The van der Waals surface area contributed by atoms with Gasteiger partial charge in [0, 0.05) is 26.2 Å². The van der Waals surface area contributed by atoms with Crippen LogP contribution in [0.15, 0.2) is 0 Å². The lowest BCUT2D eigenvalue weighted by Gasteiger charge is -2.24. The van der Waals surface area contributed by atoms with E-state index in [4.69, 9.17) is 17.0 Å². The first-order valence-corrected chi connectivity index (χ1v) is 5.64. The van der Waals surface area contributed by atoms with Crippen LogP contribution in [-0.4, -0.2) is 41.9 Å². The molecule has 1 heterocycles. The summed E-state index contributed by atoms with van der Waals surface area (Å²) >= 11 is 5.34. The summed E-state index contributed by atoms with van der Waals surface area (Å²) < 4.78 is 5.47. The molecular formula is C10H18N2OS. The van der Waals surface area contributed by atoms with Crippen LogP contribution < -0.4 is 5.32 Å². The number of nitrogens with one attached hydrogen (secondary N) is 1. The van der Waals surface area contributed by atoms with Gasteiger partial charge in [0.2, 0.25) is 0 Å². The molecule has 1 atom stereocenters. The van der Waals surface area contributed by atoms with Crippen LogP contribution in [0.4, 0.5) is 0 Å². The SMILES string of the molecule is COC1(C)CCN(C(=S)NC2CC2)C1. The Morgan fingerprint density at radius 2 is 2.29 bits per heavy atom. The van der Waals surface area contributed by atoms with Gasteiger partial charge in [0.15, 0.2) is 5.11 Å². The minimum atomic E-state index is -0.00467. The Morgan fingerprint density at radius 3 is 2.79 bits per heavy atom. The Labute approximate surface area is 90.8 Å². The maximum absolute atomic E-state index is 5.47. The number of ether oxygens (including phenoxy) is 1. The summed E-state index contributed by atoms with van der Waals surface area (Å²) in [6.07, 6.45) is 3.61. The third-order valence-electron chi connectivity index (χ3n) is 3.12. The molecule has 2 fully saturated rings. The number of methoxy groups -OCH3 is 1. The molecule has 0 radical (unpaired) electrons. The molecule has 14 heavy (non-hydrogen) atoms. The normalized spacial score (nSPS) is 32.0. The van der Waals surface area contributed by atoms with Gasteiger partial charge in [-0.15, -0.1) is 0 Å². The molecule has 1 N–H and O–H groups in total. The van der Waals surface area contributed by atoms with Crippen molar-refractivity contribution in [1.82, 2.24) is 10.2 Å². The zero-order valence-electron chi connectivity index (χ0n) is 8.88. The van der Waals surface area contributed by atoms with Crippen LogP contribution in [0.5, 0.6) is 0 Å². The maximum Gasteiger partial charge on any atom is 0.169 e. The Morgan fingerprint density at radius 1 is 1.57 bits per heavy atom. The molecule has 0 aromatic rings. The van der Waals surface area contributed by atoms with Gasteiger partial charge in [-0.05, 0) is 38.4 Å². The van der Waals surface area contributed by atoms with Gasteiger partial charge in [0.05, 0.1) is 5.60 Å². The van der Waals surface area contributed by atoms with E-state index in [9.17, 15) is 0 Å². The number of nitrogens with zero attached hydrogens (tertiary/aromatic N) is 1. The van der Waals surface area contributed by atoms with Crippen LogP contribution in [-0.2, 0) is 4.74 Å². The first kappa shape index (κ1) is 10.2. The molecule has 1 saturated carbocycles. The van der Waals surface area contributed by atoms with Crippen LogP contribution in [0.1, 0.15) is 26.2 Å². The summed E-state index contributed by atoms with van der Waals surface area (Å²) in [6.45, 7) is 4.08. The van der Waals surface area contributed by atoms with E-state index in [0.717, 1.165) is 24.6 Å². The Kier molecular flexibility index (Phi) is 2.66. The standard InChI is InChI=1S/C10H18N2OS/c1-10(13-2)5-6-12(7-10)9(14)11-8-3-4-8/h8H,3-7H2,1-2H3,(H,11,14). The van der Waals surface area contributed by atoms with Crippen molar-refractivity contribution in [3.63, 3.8) is 0 Å². The van der Waals surface area contributed by atoms with Gasteiger partial charge in [0.25, 0.3) is 0 Å².